The summed E-state index contributed by atoms with van der Waals surface area (Å²) in [6.07, 6.45) is 1.25. The van der Waals surface area contributed by atoms with E-state index in [1.165, 1.54) is 12.1 Å². The van der Waals surface area contributed by atoms with Crippen molar-refractivity contribution in [3.63, 3.8) is 0 Å². The molecule has 0 aromatic heterocycles. The van der Waals surface area contributed by atoms with Crippen LogP contribution in [0.15, 0.2) is 53.7 Å². The Morgan fingerprint density at radius 1 is 1.00 bits per heavy atom. The van der Waals surface area contributed by atoms with Gasteiger partial charge in [0, 0.05) is 17.7 Å². The molecule has 0 spiro atoms. The number of allylic oxidation sites excluding steroid dienone is 1. The van der Waals surface area contributed by atoms with Crippen LogP contribution in [0, 0.1) is 5.41 Å². The van der Waals surface area contributed by atoms with Gasteiger partial charge in [-0.15, -0.1) is 0 Å². The predicted octanol–water partition coefficient (Wildman–Crippen LogP) is 4.32. The summed E-state index contributed by atoms with van der Waals surface area (Å²) in [6, 6.07) is 12.1. The summed E-state index contributed by atoms with van der Waals surface area (Å²) in [5, 5.41) is 26.5. The zero-order chi connectivity index (χ0) is 18.5. The molecule has 1 aliphatic carbocycles. The summed E-state index contributed by atoms with van der Waals surface area (Å²) in [5.74, 6) is -0.270. The molecule has 0 saturated carbocycles. The van der Waals surface area contributed by atoms with Gasteiger partial charge in [-0.3, -0.25) is 4.79 Å². The fourth-order valence-corrected chi connectivity index (χ4v) is 3.86. The number of phenols is 2. The van der Waals surface area contributed by atoms with Gasteiger partial charge >= 0.3 is 0 Å². The first kappa shape index (κ1) is 16.5. The number of hydrogen-bond donors (Lipinski definition) is 4. The number of benzene rings is 2. The Labute approximate surface area is 152 Å². The van der Waals surface area contributed by atoms with Crippen LogP contribution < -0.4 is 10.6 Å². The van der Waals surface area contributed by atoms with E-state index in [1.807, 2.05) is 24.3 Å². The zero-order valence-corrected chi connectivity index (χ0v) is 14.8. The highest BCUT2D eigenvalue weighted by Crippen LogP contribution is 2.46. The Kier molecular flexibility index (Phi) is 3.68. The minimum absolute atomic E-state index is 0.0987. The summed E-state index contributed by atoms with van der Waals surface area (Å²) in [7, 11) is 0. The second kappa shape index (κ2) is 5.80. The van der Waals surface area contributed by atoms with Crippen molar-refractivity contribution in [1.82, 2.24) is 0 Å². The predicted molar refractivity (Wildman–Crippen MR) is 101 cm³/mol. The molecule has 0 amide bonds. The van der Waals surface area contributed by atoms with Gasteiger partial charge in [0.2, 0.25) is 0 Å². The molecule has 4 N–H and O–H groups in total. The van der Waals surface area contributed by atoms with Crippen molar-refractivity contribution in [2.45, 2.75) is 32.7 Å². The number of nitrogens with one attached hydrogen (secondary N) is 2. The van der Waals surface area contributed by atoms with E-state index < -0.39 is 6.04 Å². The molecule has 134 valence electrons. The number of rotatable bonds is 1. The minimum Gasteiger partial charge on any atom is -0.504 e. The van der Waals surface area contributed by atoms with Gasteiger partial charge in [-0.1, -0.05) is 32.0 Å². The zero-order valence-electron chi connectivity index (χ0n) is 14.8. The van der Waals surface area contributed by atoms with Crippen molar-refractivity contribution in [2.75, 3.05) is 10.6 Å². The minimum atomic E-state index is -0.392. The molecule has 0 bridgehead atoms. The molecule has 2 aromatic carbocycles. The standard InChI is InChI=1S/C21H22N2O3/c1-21(2)10-15-19(18(26)11-21)20(12-7-8-16(24)17(25)9-12)23-14-6-4-3-5-13(14)22-15/h3-9,20,22-25H,10-11H2,1-2H3. The Morgan fingerprint density at radius 3 is 2.46 bits per heavy atom. The molecular weight excluding hydrogens is 328 g/mol. The first-order chi connectivity index (χ1) is 12.3. The topological polar surface area (TPSA) is 81.6 Å². The first-order valence-corrected chi connectivity index (χ1v) is 8.75. The SMILES string of the molecule is CC1(C)CC(=O)C2=C(C1)Nc1ccccc1NC2c1ccc(O)c(O)c1. The van der Waals surface area contributed by atoms with E-state index in [1.54, 1.807) is 6.07 Å². The number of ketones is 1. The molecule has 0 fully saturated rings. The van der Waals surface area contributed by atoms with Crippen LogP contribution in [0.4, 0.5) is 11.4 Å². The second-order valence-electron chi connectivity index (χ2n) is 7.83. The maximum atomic E-state index is 13.0. The number of phenolic OH excluding ortho intramolecular Hbond substituents is 2. The number of carbonyl (C=O) groups is 1. The highest BCUT2D eigenvalue weighted by Gasteiger charge is 2.38. The monoisotopic (exact) mass is 350 g/mol. The Hall–Kier alpha value is -2.95. The van der Waals surface area contributed by atoms with E-state index in [-0.39, 0.29) is 22.7 Å². The number of carbonyl (C=O) groups excluding carboxylic acids is 1. The van der Waals surface area contributed by atoms with Crippen molar-refractivity contribution in [3.8, 4) is 11.5 Å². The first-order valence-electron chi connectivity index (χ1n) is 8.75. The van der Waals surface area contributed by atoms with Crippen LogP contribution in [0.1, 0.15) is 38.3 Å². The van der Waals surface area contributed by atoms with E-state index in [9.17, 15) is 15.0 Å². The van der Waals surface area contributed by atoms with Crippen LogP contribution in [0.2, 0.25) is 0 Å². The number of Topliss-reactive ketones (excluding diaryl/α,β-unsaturated/α-hetero) is 1. The summed E-state index contributed by atoms with van der Waals surface area (Å²) in [6.45, 7) is 4.20. The van der Waals surface area contributed by atoms with Crippen LogP contribution in [0.5, 0.6) is 11.5 Å². The van der Waals surface area contributed by atoms with Gasteiger partial charge in [-0.2, -0.15) is 0 Å². The second-order valence-corrected chi connectivity index (χ2v) is 7.83. The Bertz CT molecular complexity index is 931. The third-order valence-corrected chi connectivity index (χ3v) is 5.05. The molecule has 0 saturated heterocycles. The van der Waals surface area contributed by atoms with Gasteiger partial charge in [-0.05, 0) is 41.7 Å². The lowest BCUT2D eigenvalue weighted by molar-refractivity contribution is -0.118. The third-order valence-electron chi connectivity index (χ3n) is 5.05. The molecule has 5 heteroatoms. The van der Waals surface area contributed by atoms with Gasteiger partial charge in [0.25, 0.3) is 0 Å². The van der Waals surface area contributed by atoms with Crippen molar-refractivity contribution in [2.24, 2.45) is 5.41 Å². The van der Waals surface area contributed by atoms with E-state index in [4.69, 9.17) is 0 Å². The van der Waals surface area contributed by atoms with Crippen LogP contribution in [0.25, 0.3) is 0 Å². The number of fused-ring (bicyclic) bond motifs is 1. The molecule has 1 aliphatic heterocycles. The molecule has 0 radical (unpaired) electrons. The van der Waals surface area contributed by atoms with Gasteiger partial charge < -0.3 is 20.8 Å². The maximum absolute atomic E-state index is 13.0. The molecule has 26 heavy (non-hydrogen) atoms. The summed E-state index contributed by atoms with van der Waals surface area (Å²) in [4.78, 5) is 13.0. The van der Waals surface area contributed by atoms with Crippen LogP contribution in [0.3, 0.4) is 0 Å². The summed E-state index contributed by atoms with van der Waals surface area (Å²) >= 11 is 0. The molecule has 1 atom stereocenters. The molecule has 5 nitrogen and oxygen atoms in total. The highest BCUT2D eigenvalue weighted by molar-refractivity contribution is 6.01. The molecule has 1 heterocycles. The van der Waals surface area contributed by atoms with Crippen LogP contribution in [-0.4, -0.2) is 16.0 Å². The van der Waals surface area contributed by atoms with Crippen molar-refractivity contribution >= 4 is 17.2 Å². The lowest BCUT2D eigenvalue weighted by Gasteiger charge is -2.34. The van der Waals surface area contributed by atoms with E-state index >= 15 is 0 Å². The Balaban J connectivity index is 1.89. The number of hydrogen-bond acceptors (Lipinski definition) is 5. The van der Waals surface area contributed by atoms with Crippen LogP contribution in [-0.2, 0) is 4.79 Å². The average molecular weight is 350 g/mol. The lowest BCUT2D eigenvalue weighted by atomic mass is 9.73. The molecule has 2 aliphatic rings. The van der Waals surface area contributed by atoms with E-state index in [0.29, 0.717) is 12.0 Å². The normalized spacial score (nSPS) is 21.2. The van der Waals surface area contributed by atoms with Gasteiger partial charge in [0.05, 0.1) is 17.4 Å². The van der Waals surface area contributed by atoms with E-state index in [2.05, 4.69) is 24.5 Å². The average Bonchev–Trinajstić information content (AvgIpc) is 2.72. The largest absolute Gasteiger partial charge is 0.504 e. The maximum Gasteiger partial charge on any atom is 0.163 e. The van der Waals surface area contributed by atoms with E-state index in [0.717, 1.165) is 29.1 Å². The Morgan fingerprint density at radius 2 is 1.73 bits per heavy atom. The van der Waals surface area contributed by atoms with Gasteiger partial charge in [0.1, 0.15) is 0 Å². The van der Waals surface area contributed by atoms with Crippen molar-refractivity contribution < 1.29 is 15.0 Å². The quantitative estimate of drug-likeness (QED) is 0.576. The summed E-state index contributed by atoms with van der Waals surface area (Å²) in [5.41, 5.74) is 4.07. The van der Waals surface area contributed by atoms with Crippen molar-refractivity contribution in [1.29, 1.82) is 0 Å². The lowest BCUT2D eigenvalue weighted by Crippen LogP contribution is -2.31. The number of para-hydroxylation sites is 2. The van der Waals surface area contributed by atoms with Gasteiger partial charge in [0.15, 0.2) is 17.3 Å². The molecule has 2 aromatic rings. The van der Waals surface area contributed by atoms with Crippen LogP contribution >= 0.6 is 0 Å². The molecule has 1 unspecified atom stereocenters. The fourth-order valence-electron chi connectivity index (χ4n) is 3.86. The fraction of sp³-hybridized carbons (Fsp3) is 0.286. The van der Waals surface area contributed by atoms with Gasteiger partial charge in [-0.25, -0.2) is 0 Å². The highest BCUT2D eigenvalue weighted by atomic mass is 16.3. The number of aromatic hydroxyl groups is 2. The number of anilines is 2. The molecule has 4 rings (SSSR count). The van der Waals surface area contributed by atoms with Crippen molar-refractivity contribution in [3.05, 3.63) is 59.3 Å². The molecular formula is C21H22N2O3. The third kappa shape index (κ3) is 2.79. The summed E-state index contributed by atoms with van der Waals surface area (Å²) < 4.78 is 0. The smallest absolute Gasteiger partial charge is 0.163 e.